The third-order valence-electron chi connectivity index (χ3n) is 6.95. The maximum Gasteiger partial charge on any atom is 0.329 e. The van der Waals surface area contributed by atoms with Gasteiger partial charge in [-0.15, -0.1) is 0 Å². The zero-order valence-corrected chi connectivity index (χ0v) is 30.9. The van der Waals surface area contributed by atoms with Gasteiger partial charge in [-0.05, 0) is 62.1 Å². The molecule has 0 bridgehead atoms. The van der Waals surface area contributed by atoms with E-state index in [0.29, 0.717) is 17.2 Å². The van der Waals surface area contributed by atoms with Crippen LogP contribution in [0.25, 0.3) is 0 Å². The molecule has 0 aliphatic carbocycles. The topological polar surface area (TPSA) is 285 Å². The Balaban J connectivity index is 0.000000258. The number of methoxy groups -OCH3 is 2. The number of nitrogens with one attached hydrogen (secondary N) is 5. The molecule has 0 aliphatic rings. The zero-order valence-electron chi connectivity index (χ0n) is 28.5. The first kappa shape index (κ1) is 40.5. The number of para-hydroxylation sites is 2. The summed E-state index contributed by atoms with van der Waals surface area (Å²) in [4.78, 5) is 36.3. The number of rotatable bonds is 14. The highest BCUT2D eigenvalue weighted by Gasteiger charge is 2.23. The lowest BCUT2D eigenvalue weighted by Gasteiger charge is -2.14. The zero-order chi connectivity index (χ0) is 39.6. The maximum absolute atomic E-state index is 12.3. The first-order chi connectivity index (χ1) is 25.6. The third kappa shape index (κ3) is 9.78. The molecule has 24 heteroatoms. The first-order valence-corrected chi connectivity index (χ1v) is 18.2. The smallest absolute Gasteiger partial charge is 0.329 e. The van der Waals surface area contributed by atoms with Gasteiger partial charge in [-0.2, -0.15) is 9.97 Å². The standard InChI is InChI=1S/C19H20N6O6S.C11H10ClN5O4S/c1-20-32(28,29)17-7-5-4-6-13(17)22-18-15(25(26)27)11-21-19(24-18)23-14-10-12(30-2)8-9-16(14)31-3;1-13-22(20,21)9-5-3-2-4-7(9)15-10-8(17(18)19)6-14-11(12)16-10/h4-11,20H,1-3H3,(H2,21,22,23,24);2-6,13H,1H3,(H,14,15,16). The minimum atomic E-state index is -3.83. The summed E-state index contributed by atoms with van der Waals surface area (Å²) in [5, 5.41) is 30.5. The summed E-state index contributed by atoms with van der Waals surface area (Å²) in [5.74, 6) is 0.614. The highest BCUT2D eigenvalue weighted by atomic mass is 35.5. The summed E-state index contributed by atoms with van der Waals surface area (Å²) >= 11 is 5.63. The van der Waals surface area contributed by atoms with Crippen molar-refractivity contribution in [1.29, 1.82) is 0 Å². The summed E-state index contributed by atoms with van der Waals surface area (Å²) in [6.45, 7) is 0. The minimum absolute atomic E-state index is 0.0126. The Kier molecular flexibility index (Phi) is 13.1. The summed E-state index contributed by atoms with van der Waals surface area (Å²) in [6, 6.07) is 16.9. The van der Waals surface area contributed by atoms with E-state index in [0.717, 1.165) is 12.4 Å². The molecule has 0 amide bonds. The van der Waals surface area contributed by atoms with Gasteiger partial charge in [0.15, 0.2) is 0 Å². The molecule has 2 aromatic heterocycles. The van der Waals surface area contributed by atoms with Crippen molar-refractivity contribution < 1.29 is 36.2 Å². The van der Waals surface area contributed by atoms with E-state index in [9.17, 15) is 37.1 Å². The van der Waals surface area contributed by atoms with E-state index in [1.165, 1.54) is 64.7 Å². The van der Waals surface area contributed by atoms with Gasteiger partial charge in [-0.25, -0.2) is 36.2 Å². The molecular formula is C30H30ClN11O10S2. The predicted octanol–water partition coefficient (Wildman–Crippen LogP) is 4.49. The highest BCUT2D eigenvalue weighted by molar-refractivity contribution is 7.90. The second-order valence-corrected chi connectivity index (χ2v) is 14.2. The van der Waals surface area contributed by atoms with E-state index in [1.54, 1.807) is 30.3 Å². The Bertz CT molecular complexity index is 2410. The van der Waals surface area contributed by atoms with Crippen LogP contribution in [0.3, 0.4) is 0 Å². The summed E-state index contributed by atoms with van der Waals surface area (Å²) in [5.41, 5.74) is -0.182. The van der Waals surface area contributed by atoms with Gasteiger partial charge in [0.2, 0.25) is 42.9 Å². The maximum atomic E-state index is 12.3. The number of anilines is 6. The molecule has 5 aromatic rings. The average molecular weight is 804 g/mol. The first-order valence-electron chi connectivity index (χ1n) is 14.9. The molecule has 0 radical (unpaired) electrons. The summed E-state index contributed by atoms with van der Waals surface area (Å²) < 4.78 is 63.4. The molecule has 0 spiro atoms. The molecule has 5 N–H and O–H groups in total. The largest absolute Gasteiger partial charge is 0.497 e. The normalized spacial score (nSPS) is 11.1. The van der Waals surface area contributed by atoms with Crippen LogP contribution in [-0.2, 0) is 20.0 Å². The Morgan fingerprint density at radius 2 is 1.17 bits per heavy atom. The number of hydrogen-bond donors (Lipinski definition) is 5. The van der Waals surface area contributed by atoms with Crippen LogP contribution in [0, 0.1) is 20.2 Å². The number of nitrogens with zero attached hydrogens (tertiary/aromatic N) is 6. The lowest BCUT2D eigenvalue weighted by molar-refractivity contribution is -0.384. The fraction of sp³-hybridized carbons (Fsp3) is 0.133. The minimum Gasteiger partial charge on any atom is -0.497 e. The second-order valence-electron chi connectivity index (χ2n) is 10.2. The molecule has 2 heterocycles. The van der Waals surface area contributed by atoms with Gasteiger partial charge in [0.25, 0.3) is 0 Å². The molecule has 54 heavy (non-hydrogen) atoms. The number of sulfonamides is 2. The molecule has 0 saturated carbocycles. The highest BCUT2D eigenvalue weighted by Crippen LogP contribution is 2.34. The molecule has 21 nitrogen and oxygen atoms in total. The number of halogens is 1. The lowest BCUT2D eigenvalue weighted by atomic mass is 10.2. The fourth-order valence-corrected chi connectivity index (χ4v) is 6.26. The van der Waals surface area contributed by atoms with E-state index in [-0.39, 0.29) is 44.0 Å². The van der Waals surface area contributed by atoms with E-state index in [1.807, 2.05) is 0 Å². The van der Waals surface area contributed by atoms with Crippen molar-refractivity contribution in [1.82, 2.24) is 29.4 Å². The van der Waals surface area contributed by atoms with Gasteiger partial charge >= 0.3 is 11.4 Å². The van der Waals surface area contributed by atoms with E-state index < -0.39 is 41.3 Å². The van der Waals surface area contributed by atoms with Crippen molar-refractivity contribution in [3.05, 3.63) is 105 Å². The van der Waals surface area contributed by atoms with Gasteiger partial charge in [-0.1, -0.05) is 24.3 Å². The Labute approximate surface area is 312 Å². The predicted molar refractivity (Wildman–Crippen MR) is 197 cm³/mol. The van der Waals surface area contributed by atoms with Gasteiger partial charge < -0.3 is 25.4 Å². The number of benzene rings is 3. The van der Waals surface area contributed by atoms with Gasteiger partial charge in [0.05, 0.1) is 41.1 Å². The van der Waals surface area contributed by atoms with Gasteiger partial charge in [-0.3, -0.25) is 20.2 Å². The Morgan fingerprint density at radius 1 is 0.667 bits per heavy atom. The van der Waals surface area contributed by atoms with Crippen LogP contribution < -0.4 is 34.9 Å². The van der Waals surface area contributed by atoms with Crippen molar-refractivity contribution >= 4 is 77.7 Å². The Morgan fingerprint density at radius 3 is 1.65 bits per heavy atom. The Hall–Kier alpha value is -6.27. The van der Waals surface area contributed by atoms with Crippen LogP contribution in [0.15, 0.2) is 88.9 Å². The number of nitro groups is 2. The molecular weight excluding hydrogens is 774 g/mol. The summed E-state index contributed by atoms with van der Waals surface area (Å²) in [7, 11) is -2.06. The fourth-order valence-electron chi connectivity index (χ4n) is 4.36. The summed E-state index contributed by atoms with van der Waals surface area (Å²) in [6.07, 6.45) is 1.95. The van der Waals surface area contributed by atoms with Crippen LogP contribution >= 0.6 is 11.6 Å². The second kappa shape index (κ2) is 17.5. The van der Waals surface area contributed by atoms with E-state index in [2.05, 4.69) is 45.3 Å². The van der Waals surface area contributed by atoms with Crippen molar-refractivity contribution in [3.8, 4) is 11.5 Å². The molecule has 0 atom stereocenters. The van der Waals surface area contributed by atoms with Gasteiger partial charge in [0, 0.05) is 6.07 Å². The van der Waals surface area contributed by atoms with Crippen molar-refractivity contribution in [3.63, 3.8) is 0 Å². The van der Waals surface area contributed by atoms with Crippen LogP contribution in [0.2, 0.25) is 5.28 Å². The number of hydrogen-bond acceptors (Lipinski definition) is 17. The third-order valence-corrected chi connectivity index (χ3v) is 10.1. The van der Waals surface area contributed by atoms with E-state index >= 15 is 0 Å². The molecule has 0 fully saturated rings. The van der Waals surface area contributed by atoms with Gasteiger partial charge in [0.1, 0.15) is 33.7 Å². The monoisotopic (exact) mass is 803 g/mol. The quantitative estimate of drug-likeness (QED) is 0.0587. The molecule has 284 valence electrons. The molecule has 5 rings (SSSR count). The lowest BCUT2D eigenvalue weighted by Crippen LogP contribution is -2.19. The van der Waals surface area contributed by atoms with Crippen molar-refractivity contribution in [2.75, 3.05) is 44.3 Å². The molecule has 0 aliphatic heterocycles. The number of ether oxygens (including phenoxy) is 2. The SMILES string of the molecule is CNS(=O)(=O)c1ccccc1Nc1nc(Cl)ncc1[N+](=O)[O-].CNS(=O)(=O)c1ccccc1Nc1nc(Nc2cc(OC)ccc2OC)ncc1[N+](=O)[O-]. The number of aromatic nitrogens is 4. The molecule has 3 aromatic carbocycles. The van der Waals surface area contributed by atoms with Crippen LogP contribution in [-0.4, -0.2) is 74.9 Å². The van der Waals surface area contributed by atoms with Crippen molar-refractivity contribution in [2.24, 2.45) is 0 Å². The van der Waals surface area contributed by atoms with E-state index in [4.69, 9.17) is 21.1 Å². The van der Waals surface area contributed by atoms with Crippen LogP contribution in [0.4, 0.5) is 46.0 Å². The average Bonchev–Trinajstić information content (AvgIpc) is 3.15. The van der Waals surface area contributed by atoms with Crippen molar-refractivity contribution in [2.45, 2.75) is 9.79 Å². The van der Waals surface area contributed by atoms with Crippen LogP contribution in [0.1, 0.15) is 0 Å². The molecule has 0 unspecified atom stereocenters. The van der Waals surface area contributed by atoms with Crippen LogP contribution in [0.5, 0.6) is 11.5 Å². The molecule has 0 saturated heterocycles.